The molecule has 0 bridgehead atoms. The Kier molecular flexibility index (Phi) is 2.22. The molecule has 1 fully saturated rings. The van der Waals surface area contributed by atoms with Gasteiger partial charge >= 0.3 is 6.18 Å². The maximum Gasteiger partial charge on any atom is 0.419 e. The standard InChI is InChI=1S/C8H10F3N3/c9-8(10,11)5-4-13-14-7(5)6-2-1-3-12-6/h4,6,12H,1-3H2,(H,13,14). The summed E-state index contributed by atoms with van der Waals surface area (Å²) in [4.78, 5) is 0. The van der Waals surface area contributed by atoms with Crippen LogP contribution in [0.5, 0.6) is 0 Å². The minimum absolute atomic E-state index is 0.162. The van der Waals surface area contributed by atoms with E-state index in [0.717, 1.165) is 25.6 Å². The lowest BCUT2D eigenvalue weighted by Crippen LogP contribution is -2.17. The molecule has 1 aromatic rings. The quantitative estimate of drug-likeness (QED) is 0.734. The maximum absolute atomic E-state index is 12.4. The largest absolute Gasteiger partial charge is 0.419 e. The molecular formula is C8H10F3N3. The zero-order valence-electron chi connectivity index (χ0n) is 7.36. The van der Waals surface area contributed by atoms with Gasteiger partial charge in [-0.2, -0.15) is 18.3 Å². The Labute approximate surface area is 78.7 Å². The summed E-state index contributed by atoms with van der Waals surface area (Å²) < 4.78 is 37.3. The van der Waals surface area contributed by atoms with Gasteiger partial charge in [0, 0.05) is 6.04 Å². The average Bonchev–Trinajstić information content (AvgIpc) is 2.73. The van der Waals surface area contributed by atoms with E-state index in [9.17, 15) is 13.2 Å². The molecule has 1 atom stereocenters. The number of nitrogens with one attached hydrogen (secondary N) is 2. The highest BCUT2D eigenvalue weighted by atomic mass is 19.4. The number of hydrogen-bond acceptors (Lipinski definition) is 2. The lowest BCUT2D eigenvalue weighted by atomic mass is 10.1. The molecule has 1 aliphatic heterocycles. The minimum Gasteiger partial charge on any atom is -0.309 e. The van der Waals surface area contributed by atoms with Gasteiger partial charge in [0.05, 0.1) is 17.5 Å². The number of hydrogen-bond donors (Lipinski definition) is 2. The predicted octanol–water partition coefficient (Wildman–Crippen LogP) is 1.85. The van der Waals surface area contributed by atoms with Crippen LogP contribution in [-0.2, 0) is 6.18 Å². The monoisotopic (exact) mass is 205 g/mol. The summed E-state index contributed by atoms with van der Waals surface area (Å²) in [6.07, 6.45) is -1.84. The molecule has 6 heteroatoms. The molecule has 0 radical (unpaired) electrons. The first kappa shape index (κ1) is 9.51. The summed E-state index contributed by atoms with van der Waals surface area (Å²) in [5.41, 5.74) is -0.494. The van der Waals surface area contributed by atoms with E-state index in [4.69, 9.17) is 0 Å². The third-order valence-electron chi connectivity index (χ3n) is 2.38. The van der Waals surface area contributed by atoms with E-state index in [1.807, 2.05) is 0 Å². The van der Waals surface area contributed by atoms with Gasteiger partial charge in [-0.3, -0.25) is 5.10 Å². The van der Waals surface area contributed by atoms with Gasteiger partial charge in [-0.15, -0.1) is 0 Å². The summed E-state index contributed by atoms with van der Waals surface area (Å²) in [6.45, 7) is 0.765. The molecule has 1 saturated heterocycles. The zero-order chi connectivity index (χ0) is 10.2. The van der Waals surface area contributed by atoms with Crippen molar-refractivity contribution in [3.05, 3.63) is 17.5 Å². The fraction of sp³-hybridized carbons (Fsp3) is 0.625. The van der Waals surface area contributed by atoms with Gasteiger partial charge < -0.3 is 5.32 Å². The molecule has 2 N–H and O–H groups in total. The molecule has 0 amide bonds. The number of alkyl halides is 3. The fourth-order valence-corrected chi connectivity index (χ4v) is 1.72. The van der Waals surface area contributed by atoms with Crippen LogP contribution in [0.2, 0.25) is 0 Å². The van der Waals surface area contributed by atoms with Crippen LogP contribution in [0, 0.1) is 0 Å². The first-order valence-corrected chi connectivity index (χ1v) is 4.43. The van der Waals surface area contributed by atoms with E-state index in [-0.39, 0.29) is 11.7 Å². The molecular weight excluding hydrogens is 195 g/mol. The molecule has 0 aromatic carbocycles. The first-order chi connectivity index (χ1) is 6.59. The van der Waals surface area contributed by atoms with E-state index in [2.05, 4.69) is 15.5 Å². The van der Waals surface area contributed by atoms with Crippen molar-refractivity contribution in [2.45, 2.75) is 25.1 Å². The Hall–Kier alpha value is -1.04. The topological polar surface area (TPSA) is 40.7 Å². The number of halogens is 3. The van der Waals surface area contributed by atoms with Crippen molar-refractivity contribution in [1.82, 2.24) is 15.5 Å². The van der Waals surface area contributed by atoms with Gasteiger partial charge in [0.25, 0.3) is 0 Å². The number of nitrogens with zero attached hydrogens (tertiary/aromatic N) is 1. The molecule has 2 heterocycles. The zero-order valence-corrected chi connectivity index (χ0v) is 7.36. The summed E-state index contributed by atoms with van der Waals surface area (Å²) in [5, 5.41) is 8.87. The fourth-order valence-electron chi connectivity index (χ4n) is 1.72. The summed E-state index contributed by atoms with van der Waals surface area (Å²) in [5.74, 6) is 0. The van der Waals surface area contributed by atoms with Crippen molar-refractivity contribution in [3.8, 4) is 0 Å². The Balaban J connectivity index is 2.29. The molecule has 3 nitrogen and oxygen atoms in total. The van der Waals surface area contributed by atoms with Crippen LogP contribution in [0.15, 0.2) is 6.20 Å². The second-order valence-corrected chi connectivity index (χ2v) is 3.34. The van der Waals surface area contributed by atoms with Gasteiger partial charge in [-0.25, -0.2) is 0 Å². The Bertz CT molecular complexity index is 312. The molecule has 2 rings (SSSR count). The molecule has 0 aliphatic carbocycles. The van der Waals surface area contributed by atoms with Crippen molar-refractivity contribution in [2.24, 2.45) is 0 Å². The van der Waals surface area contributed by atoms with E-state index < -0.39 is 11.7 Å². The molecule has 0 spiro atoms. The summed E-state index contributed by atoms with van der Waals surface area (Å²) in [6, 6.07) is -0.228. The van der Waals surface area contributed by atoms with Crippen LogP contribution >= 0.6 is 0 Å². The molecule has 1 aliphatic rings. The molecule has 0 saturated carbocycles. The first-order valence-electron chi connectivity index (χ1n) is 4.43. The highest BCUT2D eigenvalue weighted by Gasteiger charge is 2.37. The van der Waals surface area contributed by atoms with Gasteiger partial charge in [0.2, 0.25) is 0 Å². The van der Waals surface area contributed by atoms with E-state index >= 15 is 0 Å². The Morgan fingerprint density at radius 1 is 1.43 bits per heavy atom. The van der Waals surface area contributed by atoms with Crippen LogP contribution in [0.3, 0.4) is 0 Å². The van der Waals surface area contributed by atoms with Gasteiger partial charge in [0.15, 0.2) is 0 Å². The van der Waals surface area contributed by atoms with Crippen molar-refractivity contribution in [2.75, 3.05) is 6.54 Å². The predicted molar refractivity (Wildman–Crippen MR) is 43.6 cm³/mol. The molecule has 1 aromatic heterocycles. The van der Waals surface area contributed by atoms with Crippen molar-refractivity contribution in [1.29, 1.82) is 0 Å². The van der Waals surface area contributed by atoms with E-state index in [1.165, 1.54) is 0 Å². The van der Waals surface area contributed by atoms with Crippen molar-refractivity contribution in [3.63, 3.8) is 0 Å². The minimum atomic E-state index is -4.31. The second kappa shape index (κ2) is 3.27. The Morgan fingerprint density at radius 3 is 2.79 bits per heavy atom. The lowest BCUT2D eigenvalue weighted by molar-refractivity contribution is -0.138. The average molecular weight is 205 g/mol. The number of aromatic nitrogens is 2. The normalized spacial score (nSPS) is 22.9. The number of rotatable bonds is 1. The third-order valence-corrected chi connectivity index (χ3v) is 2.38. The second-order valence-electron chi connectivity index (χ2n) is 3.34. The smallest absolute Gasteiger partial charge is 0.309 e. The van der Waals surface area contributed by atoms with Gasteiger partial charge in [-0.1, -0.05) is 0 Å². The van der Waals surface area contributed by atoms with E-state index in [0.29, 0.717) is 0 Å². The van der Waals surface area contributed by atoms with Crippen LogP contribution in [0.4, 0.5) is 13.2 Å². The maximum atomic E-state index is 12.4. The highest BCUT2D eigenvalue weighted by molar-refractivity contribution is 5.23. The van der Waals surface area contributed by atoms with Crippen molar-refractivity contribution < 1.29 is 13.2 Å². The van der Waals surface area contributed by atoms with Crippen LogP contribution in [-0.4, -0.2) is 16.7 Å². The van der Waals surface area contributed by atoms with Gasteiger partial charge in [0.1, 0.15) is 0 Å². The molecule has 1 unspecified atom stereocenters. The number of aromatic amines is 1. The summed E-state index contributed by atoms with van der Waals surface area (Å²) in [7, 11) is 0. The van der Waals surface area contributed by atoms with Crippen LogP contribution in [0.25, 0.3) is 0 Å². The molecule has 14 heavy (non-hydrogen) atoms. The van der Waals surface area contributed by atoms with Crippen LogP contribution < -0.4 is 5.32 Å². The van der Waals surface area contributed by atoms with Gasteiger partial charge in [-0.05, 0) is 19.4 Å². The lowest BCUT2D eigenvalue weighted by Gasteiger charge is -2.12. The van der Waals surface area contributed by atoms with Crippen molar-refractivity contribution >= 4 is 0 Å². The van der Waals surface area contributed by atoms with E-state index in [1.54, 1.807) is 0 Å². The van der Waals surface area contributed by atoms with Crippen LogP contribution in [0.1, 0.15) is 30.1 Å². The molecule has 78 valence electrons. The SMILES string of the molecule is FC(F)(F)c1cn[nH]c1C1CCCN1. The number of H-pyrrole nitrogens is 1. The Morgan fingerprint density at radius 2 is 2.21 bits per heavy atom. The third kappa shape index (κ3) is 1.61. The highest BCUT2D eigenvalue weighted by Crippen LogP contribution is 2.35. The summed E-state index contributed by atoms with van der Waals surface area (Å²) >= 11 is 0.